The summed E-state index contributed by atoms with van der Waals surface area (Å²) in [4.78, 5) is 4.22. The van der Waals surface area contributed by atoms with Gasteiger partial charge in [0.2, 0.25) is 0 Å². The number of halogens is 1. The first-order valence-electron chi connectivity index (χ1n) is 4.83. The highest BCUT2D eigenvalue weighted by atomic mass is 79.9. The second kappa shape index (κ2) is 4.11. The molecule has 1 aromatic carbocycles. The number of nitriles is 1. The predicted octanol–water partition coefficient (Wildman–Crippen LogP) is 3.03. The summed E-state index contributed by atoms with van der Waals surface area (Å²) in [7, 11) is 1.92. The summed E-state index contributed by atoms with van der Waals surface area (Å²) in [6.07, 6.45) is 0. The molecule has 4 heteroatoms. The quantitative estimate of drug-likeness (QED) is 0.803. The Balaban J connectivity index is 2.69. The fraction of sp³-hybridized carbons (Fsp3) is 0.167. The highest BCUT2D eigenvalue weighted by Gasteiger charge is 2.13. The summed E-state index contributed by atoms with van der Waals surface area (Å²) < 4.78 is 2.92. The molecular formula is C12H10BrN3. The zero-order valence-corrected chi connectivity index (χ0v) is 10.6. The average Bonchev–Trinajstić information content (AvgIpc) is 2.55. The van der Waals surface area contributed by atoms with Crippen molar-refractivity contribution in [1.82, 2.24) is 9.55 Å². The number of hydrogen-bond donors (Lipinski definition) is 0. The Kier molecular flexibility index (Phi) is 2.80. The van der Waals surface area contributed by atoms with E-state index in [4.69, 9.17) is 5.26 Å². The monoisotopic (exact) mass is 275 g/mol. The normalized spacial score (nSPS) is 10.1. The highest BCUT2D eigenvalue weighted by molar-refractivity contribution is 9.10. The van der Waals surface area contributed by atoms with Crippen LogP contribution in [0.15, 0.2) is 28.7 Å². The van der Waals surface area contributed by atoms with E-state index in [9.17, 15) is 0 Å². The Morgan fingerprint density at radius 3 is 2.81 bits per heavy atom. The Morgan fingerprint density at radius 2 is 2.19 bits per heavy atom. The maximum atomic E-state index is 9.05. The van der Waals surface area contributed by atoms with E-state index in [1.165, 1.54) is 0 Å². The van der Waals surface area contributed by atoms with Gasteiger partial charge in [-0.15, -0.1) is 0 Å². The molecule has 0 spiro atoms. The van der Waals surface area contributed by atoms with Crippen molar-refractivity contribution >= 4 is 15.9 Å². The van der Waals surface area contributed by atoms with Crippen molar-refractivity contribution in [3.05, 3.63) is 40.3 Å². The average molecular weight is 276 g/mol. The third kappa shape index (κ3) is 1.74. The van der Waals surface area contributed by atoms with Crippen molar-refractivity contribution in [2.24, 2.45) is 7.05 Å². The molecule has 0 aliphatic heterocycles. The maximum Gasteiger partial charge on any atom is 0.166 e. The van der Waals surface area contributed by atoms with Gasteiger partial charge in [0.25, 0.3) is 0 Å². The first-order valence-corrected chi connectivity index (χ1v) is 5.62. The van der Waals surface area contributed by atoms with Crippen molar-refractivity contribution in [3.63, 3.8) is 0 Å². The molecule has 0 atom stereocenters. The van der Waals surface area contributed by atoms with Crippen LogP contribution in [0.25, 0.3) is 11.3 Å². The van der Waals surface area contributed by atoms with Gasteiger partial charge in [-0.25, -0.2) is 4.98 Å². The molecular weight excluding hydrogens is 266 g/mol. The molecule has 0 radical (unpaired) electrons. The van der Waals surface area contributed by atoms with Crippen LogP contribution in [0, 0.1) is 18.3 Å². The second-order valence-corrected chi connectivity index (χ2v) is 4.45. The van der Waals surface area contributed by atoms with Crippen molar-refractivity contribution < 1.29 is 0 Å². The molecule has 0 N–H and O–H groups in total. The van der Waals surface area contributed by atoms with E-state index in [1.54, 1.807) is 0 Å². The Morgan fingerprint density at radius 1 is 1.44 bits per heavy atom. The van der Waals surface area contributed by atoms with Gasteiger partial charge in [0.15, 0.2) is 5.69 Å². The second-order valence-electron chi connectivity index (χ2n) is 3.54. The summed E-state index contributed by atoms with van der Waals surface area (Å²) >= 11 is 3.42. The molecule has 80 valence electrons. The molecule has 2 aromatic rings. The van der Waals surface area contributed by atoms with Gasteiger partial charge in [-0.2, -0.15) is 5.26 Å². The van der Waals surface area contributed by atoms with Gasteiger partial charge in [-0.1, -0.05) is 28.1 Å². The number of nitrogens with zero attached hydrogens (tertiary/aromatic N) is 3. The van der Waals surface area contributed by atoms with Crippen molar-refractivity contribution in [1.29, 1.82) is 5.26 Å². The van der Waals surface area contributed by atoms with E-state index in [0.29, 0.717) is 5.69 Å². The van der Waals surface area contributed by atoms with E-state index in [-0.39, 0.29) is 0 Å². The lowest BCUT2D eigenvalue weighted by molar-refractivity contribution is 0.865. The third-order valence-corrected chi connectivity index (χ3v) is 3.02. The number of rotatable bonds is 1. The van der Waals surface area contributed by atoms with E-state index in [0.717, 1.165) is 21.6 Å². The first-order chi connectivity index (χ1) is 7.63. The fourth-order valence-corrected chi connectivity index (χ4v) is 2.05. The van der Waals surface area contributed by atoms with E-state index >= 15 is 0 Å². The molecule has 16 heavy (non-hydrogen) atoms. The van der Waals surface area contributed by atoms with Crippen LogP contribution in [0.2, 0.25) is 0 Å². The number of hydrogen-bond acceptors (Lipinski definition) is 2. The van der Waals surface area contributed by atoms with Gasteiger partial charge < -0.3 is 4.57 Å². The van der Waals surface area contributed by atoms with Crippen LogP contribution in [0.3, 0.4) is 0 Å². The van der Waals surface area contributed by atoms with Gasteiger partial charge >= 0.3 is 0 Å². The SMILES string of the molecule is Cc1nc(C#N)c(-c2cccc(Br)c2)n1C. The van der Waals surface area contributed by atoms with Gasteiger partial charge in [-0.3, -0.25) is 0 Å². The van der Waals surface area contributed by atoms with E-state index < -0.39 is 0 Å². The zero-order valence-electron chi connectivity index (χ0n) is 9.03. The summed E-state index contributed by atoms with van der Waals surface area (Å²) in [5.74, 6) is 0.839. The summed E-state index contributed by atoms with van der Waals surface area (Å²) in [5, 5.41) is 9.05. The van der Waals surface area contributed by atoms with Crippen LogP contribution in [0.5, 0.6) is 0 Å². The van der Waals surface area contributed by atoms with E-state index in [2.05, 4.69) is 27.0 Å². The maximum absolute atomic E-state index is 9.05. The van der Waals surface area contributed by atoms with Crippen molar-refractivity contribution in [3.8, 4) is 17.3 Å². The molecule has 2 rings (SSSR count). The molecule has 0 unspecified atom stereocenters. The number of aromatic nitrogens is 2. The molecule has 1 heterocycles. The predicted molar refractivity (Wildman–Crippen MR) is 65.8 cm³/mol. The van der Waals surface area contributed by atoms with Crippen molar-refractivity contribution in [2.75, 3.05) is 0 Å². The van der Waals surface area contributed by atoms with Crippen LogP contribution >= 0.6 is 15.9 Å². The highest BCUT2D eigenvalue weighted by Crippen LogP contribution is 2.26. The smallest absolute Gasteiger partial charge is 0.166 e. The summed E-state index contributed by atoms with van der Waals surface area (Å²) in [5.41, 5.74) is 2.33. The molecule has 0 saturated heterocycles. The Hall–Kier alpha value is -1.60. The number of benzene rings is 1. The molecule has 1 aromatic heterocycles. The standard InChI is InChI=1S/C12H10BrN3/c1-8-15-11(7-14)12(16(8)2)9-4-3-5-10(13)6-9/h3-6H,1-2H3. The minimum atomic E-state index is 0.470. The largest absolute Gasteiger partial charge is 0.330 e. The molecule has 3 nitrogen and oxygen atoms in total. The molecule has 0 saturated carbocycles. The third-order valence-electron chi connectivity index (χ3n) is 2.52. The molecule has 0 amide bonds. The molecule has 0 aliphatic carbocycles. The molecule has 0 aliphatic rings. The minimum Gasteiger partial charge on any atom is -0.330 e. The van der Waals surface area contributed by atoms with Gasteiger partial charge in [0, 0.05) is 17.1 Å². The first kappa shape index (κ1) is 10.9. The topological polar surface area (TPSA) is 41.6 Å². The van der Waals surface area contributed by atoms with Crippen LogP contribution in [0.4, 0.5) is 0 Å². The van der Waals surface area contributed by atoms with Crippen LogP contribution < -0.4 is 0 Å². The lowest BCUT2D eigenvalue weighted by Crippen LogP contribution is -1.94. The van der Waals surface area contributed by atoms with Gasteiger partial charge in [0.1, 0.15) is 11.9 Å². The Bertz CT molecular complexity index is 578. The lowest BCUT2D eigenvalue weighted by atomic mass is 10.1. The van der Waals surface area contributed by atoms with Gasteiger partial charge in [-0.05, 0) is 19.1 Å². The van der Waals surface area contributed by atoms with Crippen LogP contribution in [-0.4, -0.2) is 9.55 Å². The van der Waals surface area contributed by atoms with Crippen LogP contribution in [0.1, 0.15) is 11.5 Å². The number of imidazole rings is 1. The Labute approximate surface area is 102 Å². The fourth-order valence-electron chi connectivity index (χ4n) is 1.65. The zero-order chi connectivity index (χ0) is 11.7. The van der Waals surface area contributed by atoms with Crippen LogP contribution in [-0.2, 0) is 7.05 Å². The summed E-state index contributed by atoms with van der Waals surface area (Å²) in [6.45, 7) is 1.89. The van der Waals surface area contributed by atoms with E-state index in [1.807, 2.05) is 42.8 Å². The number of aryl methyl sites for hydroxylation is 1. The van der Waals surface area contributed by atoms with Gasteiger partial charge in [0.05, 0.1) is 5.69 Å². The molecule has 0 bridgehead atoms. The minimum absolute atomic E-state index is 0.470. The van der Waals surface area contributed by atoms with Crippen molar-refractivity contribution in [2.45, 2.75) is 6.92 Å². The lowest BCUT2D eigenvalue weighted by Gasteiger charge is -2.04. The molecule has 0 fully saturated rings. The summed E-state index contributed by atoms with van der Waals surface area (Å²) in [6, 6.07) is 9.99.